The summed E-state index contributed by atoms with van der Waals surface area (Å²) in [6.45, 7) is 1.97. The fourth-order valence-electron chi connectivity index (χ4n) is 3.90. The van der Waals surface area contributed by atoms with E-state index in [0.29, 0.717) is 17.4 Å². The highest BCUT2D eigenvalue weighted by molar-refractivity contribution is 5.94. The van der Waals surface area contributed by atoms with Crippen molar-refractivity contribution < 1.29 is 9.90 Å². The molecule has 2 aliphatic rings. The normalized spacial score (nSPS) is 27.0. The number of amides is 1. The molecule has 1 amide bonds. The van der Waals surface area contributed by atoms with Gasteiger partial charge in [0.25, 0.3) is 5.91 Å². The number of aromatic nitrogens is 2. The van der Waals surface area contributed by atoms with Gasteiger partial charge in [0.05, 0.1) is 18.5 Å². The van der Waals surface area contributed by atoms with E-state index in [0.717, 1.165) is 31.6 Å². The van der Waals surface area contributed by atoms with Gasteiger partial charge in [-0.25, -0.2) is 4.98 Å². The van der Waals surface area contributed by atoms with Crippen LogP contribution in [0.25, 0.3) is 5.69 Å². The van der Waals surface area contributed by atoms with Crippen molar-refractivity contribution in [2.75, 3.05) is 13.1 Å². The first-order chi connectivity index (χ1) is 11.7. The van der Waals surface area contributed by atoms with Gasteiger partial charge in [-0.1, -0.05) is 0 Å². The lowest BCUT2D eigenvalue weighted by Crippen LogP contribution is -2.49. The van der Waals surface area contributed by atoms with Crippen molar-refractivity contribution in [3.05, 3.63) is 48.5 Å². The van der Waals surface area contributed by atoms with Crippen LogP contribution < -0.4 is 10.6 Å². The Hall–Kier alpha value is -1.60. The summed E-state index contributed by atoms with van der Waals surface area (Å²) in [5.74, 6) is 0.977. The summed E-state index contributed by atoms with van der Waals surface area (Å²) in [6.07, 6.45) is 6.45. The Balaban J connectivity index is 0.00000121. The Bertz CT molecular complexity index is 708. The predicted octanol–water partition coefficient (Wildman–Crippen LogP) is 1.80. The van der Waals surface area contributed by atoms with Crippen LogP contribution in [0.5, 0.6) is 0 Å². The number of fused-ring (bicyclic) bond motifs is 1. The molecule has 4 rings (SSSR count). The molecule has 1 saturated heterocycles. The lowest BCUT2D eigenvalue weighted by molar-refractivity contribution is 0.0462. The Morgan fingerprint density at radius 2 is 1.85 bits per heavy atom. The Morgan fingerprint density at radius 3 is 2.50 bits per heavy atom. The number of nitrogens with one attached hydrogen (secondary N) is 2. The van der Waals surface area contributed by atoms with Gasteiger partial charge in [-0.15, -0.1) is 24.8 Å². The molecule has 0 bridgehead atoms. The van der Waals surface area contributed by atoms with Gasteiger partial charge >= 0.3 is 0 Å². The van der Waals surface area contributed by atoms with Crippen LogP contribution >= 0.6 is 24.8 Å². The van der Waals surface area contributed by atoms with Crippen molar-refractivity contribution in [1.29, 1.82) is 0 Å². The zero-order chi connectivity index (χ0) is 16.5. The second-order valence-electron chi connectivity index (χ2n) is 6.81. The summed E-state index contributed by atoms with van der Waals surface area (Å²) in [6, 6.07) is 7.24. The smallest absolute Gasteiger partial charge is 0.251 e. The maximum atomic E-state index is 12.5. The molecule has 1 aliphatic heterocycles. The van der Waals surface area contributed by atoms with Gasteiger partial charge in [0.15, 0.2) is 0 Å². The fraction of sp³-hybridized carbons (Fsp3) is 0.444. The molecule has 8 heteroatoms. The number of rotatable bonds is 3. The minimum atomic E-state index is -0.458. The van der Waals surface area contributed by atoms with E-state index >= 15 is 0 Å². The zero-order valence-corrected chi connectivity index (χ0v) is 15.9. The number of imidazole rings is 1. The number of halogens is 2. The second kappa shape index (κ2) is 8.86. The molecule has 0 unspecified atom stereocenters. The van der Waals surface area contributed by atoms with Crippen molar-refractivity contribution >= 4 is 30.7 Å². The number of benzene rings is 1. The summed E-state index contributed by atoms with van der Waals surface area (Å²) in [4.78, 5) is 16.5. The molecule has 1 aromatic heterocycles. The standard InChI is InChI=1S/C18H22N4O2.2ClH/c23-17-8-14-10-20-9-13(14)7-16(17)21-18(24)12-1-3-15(4-2-12)22-6-5-19-11-22;;/h1-6,11,13-14,16-17,20,23H,7-10H2,(H,21,24);2*1H/t13-,14+,16-,17-;;/m0../s1. The number of nitrogens with zero attached hydrogens (tertiary/aromatic N) is 2. The Morgan fingerprint density at radius 1 is 1.15 bits per heavy atom. The van der Waals surface area contributed by atoms with Crippen molar-refractivity contribution in [3.8, 4) is 5.69 Å². The fourth-order valence-corrected chi connectivity index (χ4v) is 3.90. The molecule has 142 valence electrons. The molecular formula is C18H24Cl2N4O2. The van der Waals surface area contributed by atoms with Gasteiger partial charge in [0.1, 0.15) is 0 Å². The van der Waals surface area contributed by atoms with E-state index in [1.807, 2.05) is 22.9 Å². The zero-order valence-electron chi connectivity index (χ0n) is 14.2. The first kappa shape index (κ1) is 20.7. The van der Waals surface area contributed by atoms with Gasteiger partial charge in [-0.2, -0.15) is 0 Å². The third-order valence-electron chi connectivity index (χ3n) is 5.29. The number of aliphatic hydroxyl groups excluding tert-OH is 1. The van der Waals surface area contributed by atoms with Crippen LogP contribution in [-0.4, -0.2) is 45.8 Å². The summed E-state index contributed by atoms with van der Waals surface area (Å²) >= 11 is 0. The molecule has 2 aromatic rings. The third kappa shape index (κ3) is 4.20. The molecule has 1 aliphatic carbocycles. The van der Waals surface area contributed by atoms with Crippen molar-refractivity contribution in [3.63, 3.8) is 0 Å². The van der Waals surface area contributed by atoms with Gasteiger partial charge in [0.2, 0.25) is 0 Å². The molecule has 26 heavy (non-hydrogen) atoms. The van der Waals surface area contributed by atoms with E-state index in [1.165, 1.54) is 0 Å². The van der Waals surface area contributed by atoms with E-state index in [4.69, 9.17) is 0 Å². The van der Waals surface area contributed by atoms with Crippen molar-refractivity contribution in [2.24, 2.45) is 11.8 Å². The Kier molecular flexibility index (Phi) is 7.06. The third-order valence-corrected chi connectivity index (χ3v) is 5.29. The van der Waals surface area contributed by atoms with Crippen LogP contribution in [0.2, 0.25) is 0 Å². The number of carbonyl (C=O) groups is 1. The second-order valence-corrected chi connectivity index (χ2v) is 6.81. The first-order valence-corrected chi connectivity index (χ1v) is 8.49. The molecule has 0 spiro atoms. The first-order valence-electron chi connectivity index (χ1n) is 8.49. The largest absolute Gasteiger partial charge is 0.391 e. The lowest BCUT2D eigenvalue weighted by atomic mass is 9.77. The van der Waals surface area contributed by atoms with Gasteiger partial charge in [-0.05, 0) is 62.0 Å². The maximum absolute atomic E-state index is 12.5. The molecule has 6 nitrogen and oxygen atoms in total. The molecule has 4 atom stereocenters. The highest BCUT2D eigenvalue weighted by atomic mass is 35.5. The lowest BCUT2D eigenvalue weighted by Gasteiger charge is -2.35. The monoisotopic (exact) mass is 398 g/mol. The van der Waals surface area contributed by atoms with Crippen LogP contribution in [-0.2, 0) is 0 Å². The van der Waals surface area contributed by atoms with Gasteiger partial charge < -0.3 is 20.3 Å². The summed E-state index contributed by atoms with van der Waals surface area (Å²) in [5, 5.41) is 16.7. The summed E-state index contributed by atoms with van der Waals surface area (Å²) in [7, 11) is 0. The van der Waals surface area contributed by atoms with E-state index in [9.17, 15) is 9.90 Å². The number of carbonyl (C=O) groups excluding carboxylic acids is 1. The molecular weight excluding hydrogens is 375 g/mol. The number of aliphatic hydroxyl groups is 1. The SMILES string of the molecule is Cl.Cl.O=C(N[C@H]1C[C@H]2CNC[C@H]2C[C@@H]1O)c1ccc(-n2ccnc2)cc1. The van der Waals surface area contributed by atoms with Crippen LogP contribution in [0.3, 0.4) is 0 Å². The number of hydrogen-bond acceptors (Lipinski definition) is 4. The molecule has 1 aromatic carbocycles. The van der Waals surface area contributed by atoms with Crippen LogP contribution in [0, 0.1) is 11.8 Å². The molecule has 3 N–H and O–H groups in total. The summed E-state index contributed by atoms with van der Waals surface area (Å²) < 4.78 is 1.89. The maximum Gasteiger partial charge on any atom is 0.251 e. The van der Waals surface area contributed by atoms with Crippen LogP contribution in [0.15, 0.2) is 43.0 Å². The topological polar surface area (TPSA) is 79.2 Å². The van der Waals surface area contributed by atoms with Crippen molar-refractivity contribution in [2.45, 2.75) is 25.0 Å². The molecule has 1 saturated carbocycles. The van der Waals surface area contributed by atoms with E-state index in [1.54, 1.807) is 24.7 Å². The average molecular weight is 399 g/mol. The van der Waals surface area contributed by atoms with Gasteiger partial charge in [-0.3, -0.25) is 4.79 Å². The van der Waals surface area contributed by atoms with Gasteiger partial charge in [0, 0.05) is 23.6 Å². The van der Waals surface area contributed by atoms with E-state index in [2.05, 4.69) is 15.6 Å². The predicted molar refractivity (Wildman–Crippen MR) is 104 cm³/mol. The minimum Gasteiger partial charge on any atom is -0.391 e. The van der Waals surface area contributed by atoms with Crippen LogP contribution in [0.1, 0.15) is 23.2 Å². The molecule has 2 fully saturated rings. The highest BCUT2D eigenvalue weighted by Gasteiger charge is 2.39. The summed E-state index contributed by atoms with van der Waals surface area (Å²) in [5.41, 5.74) is 1.57. The number of hydrogen-bond donors (Lipinski definition) is 3. The van der Waals surface area contributed by atoms with E-state index in [-0.39, 0.29) is 36.8 Å². The Labute approximate surface area is 165 Å². The average Bonchev–Trinajstić information content (AvgIpc) is 3.26. The minimum absolute atomic E-state index is 0. The van der Waals surface area contributed by atoms with E-state index < -0.39 is 6.10 Å². The van der Waals surface area contributed by atoms with Crippen molar-refractivity contribution in [1.82, 2.24) is 20.2 Å². The molecule has 0 radical (unpaired) electrons. The quantitative estimate of drug-likeness (QED) is 0.736. The highest BCUT2D eigenvalue weighted by Crippen LogP contribution is 2.33. The molecule has 2 heterocycles. The van der Waals surface area contributed by atoms with Crippen LogP contribution in [0.4, 0.5) is 0 Å².